The molecule has 82 valence electrons. The molecule has 5 nitrogen and oxygen atoms in total. The average Bonchev–Trinajstić information content (AvgIpc) is 2.66. The predicted molar refractivity (Wildman–Crippen MR) is 53.5 cm³/mol. The number of hydrogen-bond acceptors (Lipinski definition) is 4. The van der Waals surface area contributed by atoms with Gasteiger partial charge in [-0.25, -0.2) is 9.78 Å². The summed E-state index contributed by atoms with van der Waals surface area (Å²) in [7, 11) is 0. The van der Waals surface area contributed by atoms with Crippen LogP contribution in [-0.4, -0.2) is 27.8 Å². The van der Waals surface area contributed by atoms with Gasteiger partial charge in [0.1, 0.15) is 5.82 Å². The van der Waals surface area contributed by atoms with Crippen LogP contribution < -0.4 is 0 Å². The van der Waals surface area contributed by atoms with E-state index in [2.05, 4.69) is 29.0 Å². The summed E-state index contributed by atoms with van der Waals surface area (Å²) in [5.41, 5.74) is 0.283. The van der Waals surface area contributed by atoms with Crippen LogP contribution in [0.5, 0.6) is 0 Å². The van der Waals surface area contributed by atoms with Crippen molar-refractivity contribution in [2.24, 2.45) is 5.41 Å². The zero-order valence-corrected chi connectivity index (χ0v) is 9.20. The summed E-state index contributed by atoms with van der Waals surface area (Å²) in [6.07, 6.45) is 1.09. The fraction of sp³-hybridized carbons (Fsp3) is 0.700. The lowest BCUT2D eigenvalue weighted by Crippen LogP contribution is -2.06. The largest absolute Gasteiger partial charge is 0.460 e. The molecule has 1 aliphatic rings. The summed E-state index contributed by atoms with van der Waals surface area (Å²) in [4.78, 5) is 15.4. The van der Waals surface area contributed by atoms with Crippen molar-refractivity contribution < 1.29 is 9.53 Å². The SMILES string of the molecule is CCOC(=O)c1n[nH]c(C2CC2(C)C)n1. The van der Waals surface area contributed by atoms with E-state index >= 15 is 0 Å². The predicted octanol–water partition coefficient (Wildman–Crippen LogP) is 1.49. The Balaban J connectivity index is 2.08. The quantitative estimate of drug-likeness (QED) is 0.766. The first kappa shape index (κ1) is 10.1. The molecule has 1 saturated carbocycles. The summed E-state index contributed by atoms with van der Waals surface area (Å²) < 4.78 is 4.81. The number of H-pyrrole nitrogens is 1. The van der Waals surface area contributed by atoms with Gasteiger partial charge in [-0.3, -0.25) is 5.10 Å². The summed E-state index contributed by atoms with van der Waals surface area (Å²) in [5, 5.41) is 6.65. The van der Waals surface area contributed by atoms with Gasteiger partial charge in [-0.15, -0.1) is 5.10 Å². The lowest BCUT2D eigenvalue weighted by Gasteiger charge is -1.97. The molecule has 0 amide bonds. The maximum Gasteiger partial charge on any atom is 0.378 e. The Morgan fingerprint density at radius 1 is 1.67 bits per heavy atom. The van der Waals surface area contributed by atoms with Crippen molar-refractivity contribution in [2.45, 2.75) is 33.1 Å². The second-order valence-corrected chi connectivity index (χ2v) is 4.51. The Hall–Kier alpha value is -1.39. The van der Waals surface area contributed by atoms with Gasteiger partial charge in [-0.1, -0.05) is 13.8 Å². The van der Waals surface area contributed by atoms with Gasteiger partial charge in [0.15, 0.2) is 0 Å². The molecule has 0 spiro atoms. The molecule has 0 aliphatic heterocycles. The van der Waals surface area contributed by atoms with Crippen LogP contribution >= 0.6 is 0 Å². The van der Waals surface area contributed by atoms with E-state index in [0.29, 0.717) is 12.5 Å². The van der Waals surface area contributed by atoms with Gasteiger partial charge in [0, 0.05) is 5.92 Å². The number of nitrogens with one attached hydrogen (secondary N) is 1. The lowest BCUT2D eigenvalue weighted by molar-refractivity contribution is 0.0512. The third-order valence-electron chi connectivity index (χ3n) is 2.80. The van der Waals surface area contributed by atoms with Gasteiger partial charge in [0.05, 0.1) is 6.61 Å². The zero-order valence-electron chi connectivity index (χ0n) is 9.20. The van der Waals surface area contributed by atoms with Crippen molar-refractivity contribution in [1.82, 2.24) is 15.2 Å². The Morgan fingerprint density at radius 3 is 2.87 bits per heavy atom. The van der Waals surface area contributed by atoms with E-state index in [1.807, 2.05) is 0 Å². The monoisotopic (exact) mass is 209 g/mol. The molecule has 1 aromatic heterocycles. The minimum Gasteiger partial charge on any atom is -0.460 e. The van der Waals surface area contributed by atoms with E-state index in [4.69, 9.17) is 4.74 Å². The van der Waals surface area contributed by atoms with Crippen LogP contribution in [0.3, 0.4) is 0 Å². The van der Waals surface area contributed by atoms with E-state index in [-0.39, 0.29) is 11.2 Å². The molecule has 2 rings (SSSR count). The second-order valence-electron chi connectivity index (χ2n) is 4.51. The van der Waals surface area contributed by atoms with E-state index < -0.39 is 5.97 Å². The van der Waals surface area contributed by atoms with Crippen LogP contribution in [0.4, 0.5) is 0 Å². The zero-order chi connectivity index (χ0) is 11.1. The molecule has 1 atom stereocenters. The highest BCUT2D eigenvalue weighted by molar-refractivity contribution is 5.84. The smallest absolute Gasteiger partial charge is 0.378 e. The highest BCUT2D eigenvalue weighted by Crippen LogP contribution is 2.57. The molecule has 0 aromatic carbocycles. The number of carbonyl (C=O) groups is 1. The fourth-order valence-electron chi connectivity index (χ4n) is 1.65. The standard InChI is InChI=1S/C10H15N3O2/c1-4-15-9(14)8-11-7(12-13-8)6-5-10(6,2)3/h6H,4-5H2,1-3H3,(H,11,12,13). The first-order valence-corrected chi connectivity index (χ1v) is 5.14. The van der Waals surface area contributed by atoms with E-state index in [1.54, 1.807) is 6.92 Å². The highest BCUT2D eigenvalue weighted by atomic mass is 16.5. The van der Waals surface area contributed by atoms with E-state index in [1.165, 1.54) is 0 Å². The van der Waals surface area contributed by atoms with Crippen LogP contribution in [0.1, 0.15) is 49.6 Å². The van der Waals surface area contributed by atoms with Crippen molar-refractivity contribution in [3.05, 3.63) is 11.6 Å². The molecule has 1 heterocycles. The van der Waals surface area contributed by atoms with E-state index in [9.17, 15) is 4.79 Å². The van der Waals surface area contributed by atoms with Crippen LogP contribution in [0.2, 0.25) is 0 Å². The number of aromatic amines is 1. The fourth-order valence-corrected chi connectivity index (χ4v) is 1.65. The number of esters is 1. The Morgan fingerprint density at radius 2 is 2.33 bits per heavy atom. The number of aromatic nitrogens is 3. The summed E-state index contributed by atoms with van der Waals surface area (Å²) in [6.45, 7) is 6.45. The van der Waals surface area contributed by atoms with Crippen LogP contribution in [0.25, 0.3) is 0 Å². The Labute approximate surface area is 88.2 Å². The van der Waals surface area contributed by atoms with Crippen LogP contribution in [-0.2, 0) is 4.74 Å². The molecule has 1 N–H and O–H groups in total. The Bertz CT molecular complexity index is 384. The number of ether oxygens (including phenoxy) is 1. The minimum absolute atomic E-state index is 0.134. The third-order valence-corrected chi connectivity index (χ3v) is 2.80. The normalized spacial score (nSPS) is 22.5. The van der Waals surface area contributed by atoms with Crippen LogP contribution in [0, 0.1) is 5.41 Å². The first-order chi connectivity index (χ1) is 7.04. The van der Waals surface area contributed by atoms with Crippen molar-refractivity contribution in [3.63, 3.8) is 0 Å². The molecular formula is C10H15N3O2. The van der Waals surface area contributed by atoms with Gasteiger partial charge in [0.25, 0.3) is 5.82 Å². The molecule has 0 radical (unpaired) electrons. The summed E-state index contributed by atoms with van der Waals surface area (Å²) in [5.74, 6) is 0.865. The van der Waals surface area contributed by atoms with E-state index in [0.717, 1.165) is 12.2 Å². The second kappa shape index (κ2) is 3.32. The molecular weight excluding hydrogens is 194 g/mol. The van der Waals surface area contributed by atoms with Crippen molar-refractivity contribution in [2.75, 3.05) is 6.61 Å². The minimum atomic E-state index is -0.460. The Kier molecular flexibility index (Phi) is 2.25. The number of nitrogens with zero attached hydrogens (tertiary/aromatic N) is 2. The third kappa shape index (κ3) is 1.86. The molecule has 0 bridgehead atoms. The maximum absolute atomic E-state index is 11.3. The highest BCUT2D eigenvalue weighted by Gasteiger charge is 2.48. The number of rotatable bonds is 3. The summed E-state index contributed by atoms with van der Waals surface area (Å²) in [6, 6.07) is 0. The van der Waals surface area contributed by atoms with Gasteiger partial charge < -0.3 is 4.74 Å². The molecule has 1 fully saturated rings. The molecule has 1 aliphatic carbocycles. The van der Waals surface area contributed by atoms with Crippen molar-refractivity contribution in [3.8, 4) is 0 Å². The van der Waals surface area contributed by atoms with Gasteiger partial charge in [-0.2, -0.15) is 0 Å². The maximum atomic E-state index is 11.3. The topological polar surface area (TPSA) is 67.9 Å². The van der Waals surface area contributed by atoms with Gasteiger partial charge >= 0.3 is 5.97 Å². The average molecular weight is 209 g/mol. The first-order valence-electron chi connectivity index (χ1n) is 5.14. The number of hydrogen-bond donors (Lipinski definition) is 1. The van der Waals surface area contributed by atoms with Gasteiger partial charge in [-0.05, 0) is 18.8 Å². The molecule has 15 heavy (non-hydrogen) atoms. The lowest BCUT2D eigenvalue weighted by atomic mass is 10.1. The molecule has 1 aromatic rings. The van der Waals surface area contributed by atoms with Crippen molar-refractivity contribution >= 4 is 5.97 Å². The molecule has 5 heteroatoms. The van der Waals surface area contributed by atoms with Crippen LogP contribution in [0.15, 0.2) is 0 Å². The van der Waals surface area contributed by atoms with Crippen molar-refractivity contribution in [1.29, 1.82) is 0 Å². The molecule has 0 saturated heterocycles. The van der Waals surface area contributed by atoms with Gasteiger partial charge in [0.2, 0.25) is 0 Å². The molecule has 1 unspecified atom stereocenters. The number of carbonyl (C=O) groups excluding carboxylic acids is 1. The summed E-state index contributed by atoms with van der Waals surface area (Å²) >= 11 is 0.